The fraction of sp³-hybridized carbons (Fsp3) is 0.480. The fourth-order valence-corrected chi connectivity index (χ4v) is 5.12. The summed E-state index contributed by atoms with van der Waals surface area (Å²) in [6, 6.07) is 8.00. The Bertz CT molecular complexity index is 1030. The molecular weight excluding hydrogens is 397 g/mol. The number of hydrogen-bond donors (Lipinski definition) is 1. The monoisotopic (exact) mass is 425 g/mol. The third-order valence-corrected chi connectivity index (χ3v) is 6.91. The van der Waals surface area contributed by atoms with Crippen LogP contribution in [0.3, 0.4) is 0 Å². The molecule has 5 nitrogen and oxygen atoms in total. The van der Waals surface area contributed by atoms with Gasteiger partial charge in [-0.1, -0.05) is 37.1 Å². The number of hydrogen-bond acceptors (Lipinski definition) is 4. The summed E-state index contributed by atoms with van der Waals surface area (Å²) in [4.78, 5) is 13.3. The summed E-state index contributed by atoms with van der Waals surface area (Å²) in [7, 11) is 0. The number of aliphatic carboxylic acids is 1. The molecule has 1 unspecified atom stereocenters. The van der Waals surface area contributed by atoms with E-state index in [0.29, 0.717) is 38.1 Å². The van der Waals surface area contributed by atoms with Crippen molar-refractivity contribution in [1.29, 1.82) is 0 Å². The second-order valence-electron chi connectivity index (χ2n) is 9.19. The summed E-state index contributed by atoms with van der Waals surface area (Å²) in [5.41, 5.74) is 1.21. The molecule has 1 atom stereocenters. The molecule has 5 rings (SSSR count). The zero-order valence-electron chi connectivity index (χ0n) is 17.6. The van der Waals surface area contributed by atoms with Gasteiger partial charge in [-0.25, -0.2) is 4.39 Å². The first-order valence-corrected chi connectivity index (χ1v) is 11.1. The number of nitrogens with zero attached hydrogens (tertiary/aromatic N) is 1. The lowest BCUT2D eigenvalue weighted by atomic mass is 9.77. The molecule has 2 aromatic rings. The smallest absolute Gasteiger partial charge is 0.309 e. The van der Waals surface area contributed by atoms with E-state index in [1.54, 1.807) is 6.08 Å². The lowest BCUT2D eigenvalue weighted by Gasteiger charge is -2.43. The van der Waals surface area contributed by atoms with Crippen molar-refractivity contribution < 1.29 is 23.4 Å². The second-order valence-corrected chi connectivity index (χ2v) is 9.19. The van der Waals surface area contributed by atoms with E-state index in [0.717, 1.165) is 29.4 Å². The Hall–Kier alpha value is -2.44. The van der Waals surface area contributed by atoms with Crippen LogP contribution in [0.2, 0.25) is 0 Å². The largest absolute Gasteiger partial charge is 0.481 e. The first kappa shape index (κ1) is 20.5. The van der Waals surface area contributed by atoms with Crippen LogP contribution in [0.1, 0.15) is 43.4 Å². The van der Waals surface area contributed by atoms with E-state index < -0.39 is 11.4 Å². The van der Waals surface area contributed by atoms with Crippen LogP contribution in [-0.2, 0) is 21.6 Å². The van der Waals surface area contributed by atoms with Crippen LogP contribution < -0.4 is 0 Å². The normalized spacial score (nSPS) is 25.1. The van der Waals surface area contributed by atoms with Gasteiger partial charge in [0.1, 0.15) is 17.2 Å². The molecule has 2 fully saturated rings. The SMILES string of the molecule is O=C(O)C1CN(CC2(c3cc4c(COC5CCCC5)cccc4o3)C=CC=C(F)C2)C1. The highest BCUT2D eigenvalue weighted by Gasteiger charge is 2.42. The summed E-state index contributed by atoms with van der Waals surface area (Å²) >= 11 is 0. The van der Waals surface area contributed by atoms with Gasteiger partial charge in [-0.05, 0) is 36.6 Å². The molecule has 0 radical (unpaired) electrons. The topological polar surface area (TPSA) is 62.9 Å². The van der Waals surface area contributed by atoms with Gasteiger partial charge in [0.2, 0.25) is 0 Å². The van der Waals surface area contributed by atoms with Crippen molar-refractivity contribution in [3.63, 3.8) is 0 Å². The summed E-state index contributed by atoms with van der Waals surface area (Å²) in [5, 5.41) is 10.2. The highest BCUT2D eigenvalue weighted by molar-refractivity contribution is 5.82. The molecule has 0 spiro atoms. The van der Waals surface area contributed by atoms with Gasteiger partial charge < -0.3 is 19.2 Å². The summed E-state index contributed by atoms with van der Waals surface area (Å²) in [5.74, 6) is -0.594. The van der Waals surface area contributed by atoms with Crippen LogP contribution in [0.25, 0.3) is 11.0 Å². The Morgan fingerprint density at radius 2 is 2.10 bits per heavy atom. The van der Waals surface area contributed by atoms with Gasteiger partial charge in [-0.2, -0.15) is 0 Å². The van der Waals surface area contributed by atoms with E-state index in [-0.39, 0.29) is 18.2 Å². The number of fused-ring (bicyclic) bond motifs is 1. The Morgan fingerprint density at radius 3 is 2.84 bits per heavy atom. The van der Waals surface area contributed by atoms with Gasteiger partial charge in [0.25, 0.3) is 0 Å². The average Bonchev–Trinajstić information content (AvgIpc) is 3.38. The van der Waals surface area contributed by atoms with Crippen molar-refractivity contribution in [2.24, 2.45) is 5.92 Å². The molecule has 2 aliphatic carbocycles. The molecular formula is C25H28FNO4. The minimum Gasteiger partial charge on any atom is -0.481 e. The summed E-state index contributed by atoms with van der Waals surface area (Å²) in [6.07, 6.45) is 10.5. The maximum absolute atomic E-state index is 14.4. The Balaban J connectivity index is 1.42. The molecule has 1 aromatic carbocycles. The minimum atomic E-state index is -0.772. The molecule has 31 heavy (non-hydrogen) atoms. The molecule has 2 heterocycles. The van der Waals surface area contributed by atoms with Crippen molar-refractivity contribution >= 4 is 16.9 Å². The third-order valence-electron chi connectivity index (χ3n) is 6.91. The summed E-state index contributed by atoms with van der Waals surface area (Å²) < 4.78 is 26.8. The lowest BCUT2D eigenvalue weighted by Crippen LogP contribution is -2.54. The molecule has 0 amide bonds. The molecule has 164 valence electrons. The fourth-order valence-electron chi connectivity index (χ4n) is 5.12. The molecule has 1 aliphatic heterocycles. The van der Waals surface area contributed by atoms with Crippen molar-refractivity contribution in [3.05, 3.63) is 59.6 Å². The van der Waals surface area contributed by atoms with Gasteiger partial charge in [0.05, 0.1) is 24.0 Å². The molecule has 3 aliphatic rings. The quantitative estimate of drug-likeness (QED) is 0.679. The predicted molar refractivity (Wildman–Crippen MR) is 115 cm³/mol. The molecule has 0 bridgehead atoms. The predicted octanol–water partition coefficient (Wildman–Crippen LogP) is 4.96. The van der Waals surface area contributed by atoms with Crippen LogP contribution in [0.4, 0.5) is 4.39 Å². The maximum atomic E-state index is 14.4. The van der Waals surface area contributed by atoms with Crippen LogP contribution in [0.15, 0.2) is 52.7 Å². The van der Waals surface area contributed by atoms with Crippen LogP contribution >= 0.6 is 0 Å². The van der Waals surface area contributed by atoms with Gasteiger partial charge in [0.15, 0.2) is 0 Å². The standard InChI is InChI=1S/C25H28FNO4/c26-19-6-4-10-25(12-19,16-27-13-18(14-27)24(28)29)23-11-21-17(5-3-9-22(21)31-23)15-30-20-7-1-2-8-20/h3-6,9-11,18,20H,1-2,7-8,12-16H2,(H,28,29). The molecule has 6 heteroatoms. The zero-order chi connectivity index (χ0) is 21.4. The van der Waals surface area contributed by atoms with E-state index in [1.165, 1.54) is 18.9 Å². The number of halogens is 1. The van der Waals surface area contributed by atoms with Gasteiger partial charge in [0, 0.05) is 31.4 Å². The number of rotatable bonds is 7. The first-order valence-electron chi connectivity index (χ1n) is 11.1. The van der Waals surface area contributed by atoms with Gasteiger partial charge in [-0.15, -0.1) is 0 Å². The van der Waals surface area contributed by atoms with Crippen molar-refractivity contribution in [2.75, 3.05) is 19.6 Å². The number of allylic oxidation sites excluding steroid dienone is 3. The van der Waals surface area contributed by atoms with E-state index in [2.05, 4.69) is 11.0 Å². The number of ether oxygens (including phenoxy) is 1. The van der Waals surface area contributed by atoms with Crippen molar-refractivity contribution in [2.45, 2.75) is 50.2 Å². The molecule has 1 N–H and O–H groups in total. The van der Waals surface area contributed by atoms with E-state index in [1.807, 2.05) is 24.3 Å². The molecule has 1 aromatic heterocycles. The highest BCUT2D eigenvalue weighted by atomic mass is 19.1. The highest BCUT2D eigenvalue weighted by Crippen LogP contribution is 2.41. The number of carboxylic acids is 1. The number of carbonyl (C=O) groups is 1. The van der Waals surface area contributed by atoms with E-state index >= 15 is 0 Å². The first-order chi connectivity index (χ1) is 15.0. The number of carboxylic acid groups (broad SMARTS) is 1. The van der Waals surface area contributed by atoms with Gasteiger partial charge >= 0.3 is 5.97 Å². The van der Waals surface area contributed by atoms with Crippen LogP contribution in [-0.4, -0.2) is 41.7 Å². The van der Waals surface area contributed by atoms with E-state index in [9.17, 15) is 14.3 Å². The zero-order valence-corrected chi connectivity index (χ0v) is 17.6. The van der Waals surface area contributed by atoms with Crippen LogP contribution in [0, 0.1) is 5.92 Å². The Labute approximate surface area is 181 Å². The lowest BCUT2D eigenvalue weighted by molar-refractivity contribution is -0.147. The Kier molecular flexibility index (Phi) is 5.44. The Morgan fingerprint density at radius 1 is 1.29 bits per heavy atom. The summed E-state index contributed by atoms with van der Waals surface area (Å²) in [6.45, 7) is 2.04. The third kappa shape index (κ3) is 4.06. The number of furan rings is 1. The number of benzene rings is 1. The maximum Gasteiger partial charge on any atom is 0.309 e. The second kappa shape index (κ2) is 8.24. The van der Waals surface area contributed by atoms with Crippen molar-refractivity contribution in [3.8, 4) is 0 Å². The number of likely N-dealkylation sites (tertiary alicyclic amines) is 1. The van der Waals surface area contributed by atoms with Crippen LogP contribution in [0.5, 0.6) is 0 Å². The van der Waals surface area contributed by atoms with Crippen molar-refractivity contribution in [1.82, 2.24) is 4.90 Å². The van der Waals surface area contributed by atoms with E-state index in [4.69, 9.17) is 9.15 Å². The average molecular weight is 426 g/mol. The minimum absolute atomic E-state index is 0.192. The molecule has 1 saturated carbocycles. The molecule has 1 saturated heterocycles. The van der Waals surface area contributed by atoms with Gasteiger partial charge in [-0.3, -0.25) is 4.79 Å².